The summed E-state index contributed by atoms with van der Waals surface area (Å²) >= 11 is 2.92. The lowest BCUT2D eigenvalue weighted by atomic mass is 10.1. The average Bonchev–Trinajstić information content (AvgIpc) is 3.24. The zero-order valence-electron chi connectivity index (χ0n) is 14.1. The normalized spacial score (nSPS) is 10.8. The van der Waals surface area contributed by atoms with Crippen molar-refractivity contribution < 1.29 is 9.53 Å². The summed E-state index contributed by atoms with van der Waals surface area (Å²) in [5.41, 5.74) is 2.23. The SMILES string of the molecule is COc1ccc2nc(NC(=O)c3nc(C)sc3-c3ccccc3)sc2c1. The molecular formula is C19H15N3O2S2. The Bertz CT molecular complexity index is 1090. The molecule has 2 aromatic heterocycles. The number of hydrogen-bond acceptors (Lipinski definition) is 6. The first-order valence-electron chi connectivity index (χ1n) is 7.93. The molecule has 4 aromatic rings. The Hall–Kier alpha value is -2.77. The number of nitrogens with zero attached hydrogens (tertiary/aromatic N) is 2. The topological polar surface area (TPSA) is 64.1 Å². The van der Waals surface area contributed by atoms with Crippen molar-refractivity contribution in [1.82, 2.24) is 9.97 Å². The van der Waals surface area contributed by atoms with E-state index in [-0.39, 0.29) is 5.91 Å². The molecule has 0 radical (unpaired) electrons. The highest BCUT2D eigenvalue weighted by atomic mass is 32.1. The fourth-order valence-electron chi connectivity index (χ4n) is 2.61. The molecule has 0 unspecified atom stereocenters. The first-order valence-corrected chi connectivity index (χ1v) is 9.56. The molecule has 0 spiro atoms. The van der Waals surface area contributed by atoms with Crippen molar-refractivity contribution in [3.63, 3.8) is 0 Å². The summed E-state index contributed by atoms with van der Waals surface area (Å²) in [5, 5.41) is 4.27. The summed E-state index contributed by atoms with van der Waals surface area (Å²) in [5.74, 6) is 0.514. The molecule has 0 fully saturated rings. The van der Waals surface area contributed by atoms with Gasteiger partial charge in [0.25, 0.3) is 5.91 Å². The molecule has 7 heteroatoms. The monoisotopic (exact) mass is 381 g/mol. The summed E-state index contributed by atoms with van der Waals surface area (Å²) in [6, 6.07) is 15.5. The highest BCUT2D eigenvalue weighted by Crippen LogP contribution is 2.32. The van der Waals surface area contributed by atoms with Gasteiger partial charge in [0.1, 0.15) is 11.4 Å². The molecule has 0 bridgehead atoms. The van der Waals surface area contributed by atoms with Crippen LogP contribution in [0.3, 0.4) is 0 Å². The molecule has 2 heterocycles. The van der Waals surface area contributed by atoms with E-state index in [1.807, 2.05) is 55.5 Å². The van der Waals surface area contributed by atoms with Gasteiger partial charge in [-0.3, -0.25) is 10.1 Å². The van der Waals surface area contributed by atoms with Crippen LogP contribution in [0.5, 0.6) is 5.75 Å². The molecule has 130 valence electrons. The third-order valence-electron chi connectivity index (χ3n) is 3.80. The third kappa shape index (κ3) is 3.18. The van der Waals surface area contributed by atoms with Gasteiger partial charge in [-0.1, -0.05) is 41.7 Å². The second-order valence-corrected chi connectivity index (χ2v) is 7.82. The van der Waals surface area contributed by atoms with E-state index in [9.17, 15) is 4.79 Å². The standard InChI is InChI=1S/C19H15N3O2S2/c1-11-20-16(17(25-11)12-6-4-3-5-7-12)18(23)22-19-21-14-9-8-13(24-2)10-15(14)26-19/h3-10H,1-2H3,(H,21,22,23). The van der Waals surface area contributed by atoms with E-state index in [0.717, 1.165) is 31.4 Å². The van der Waals surface area contributed by atoms with E-state index in [2.05, 4.69) is 15.3 Å². The van der Waals surface area contributed by atoms with Crippen molar-refractivity contribution in [2.75, 3.05) is 12.4 Å². The van der Waals surface area contributed by atoms with Crippen LogP contribution in [0, 0.1) is 6.92 Å². The Labute approximate surface area is 158 Å². The number of nitrogens with one attached hydrogen (secondary N) is 1. The second kappa shape index (κ2) is 6.86. The molecule has 0 saturated carbocycles. The number of carbonyl (C=O) groups excluding carboxylic acids is 1. The van der Waals surface area contributed by atoms with Gasteiger partial charge in [-0.2, -0.15) is 0 Å². The quantitative estimate of drug-likeness (QED) is 0.541. The fourth-order valence-corrected chi connectivity index (χ4v) is 4.42. The number of aromatic nitrogens is 2. The minimum atomic E-state index is -0.251. The Kier molecular flexibility index (Phi) is 4.40. The lowest BCUT2D eigenvalue weighted by molar-refractivity contribution is 0.102. The van der Waals surface area contributed by atoms with Crippen molar-refractivity contribution >= 4 is 43.9 Å². The van der Waals surface area contributed by atoms with Gasteiger partial charge < -0.3 is 4.74 Å². The van der Waals surface area contributed by atoms with Crippen LogP contribution in [-0.4, -0.2) is 23.0 Å². The van der Waals surface area contributed by atoms with Crippen LogP contribution in [0.15, 0.2) is 48.5 Å². The highest BCUT2D eigenvalue weighted by molar-refractivity contribution is 7.22. The molecular weight excluding hydrogens is 366 g/mol. The fraction of sp³-hybridized carbons (Fsp3) is 0.105. The molecule has 0 saturated heterocycles. The largest absolute Gasteiger partial charge is 0.497 e. The first-order chi connectivity index (χ1) is 12.6. The van der Waals surface area contributed by atoms with Crippen molar-refractivity contribution in [3.05, 3.63) is 59.2 Å². The van der Waals surface area contributed by atoms with E-state index < -0.39 is 0 Å². The minimum absolute atomic E-state index is 0.251. The molecule has 0 aliphatic carbocycles. The zero-order chi connectivity index (χ0) is 18.1. The molecule has 4 rings (SSSR count). The molecule has 1 N–H and O–H groups in total. The van der Waals surface area contributed by atoms with E-state index in [4.69, 9.17) is 4.74 Å². The number of thiazole rings is 2. The van der Waals surface area contributed by atoms with Crippen LogP contribution in [-0.2, 0) is 0 Å². The van der Waals surface area contributed by atoms with Crippen molar-refractivity contribution in [2.24, 2.45) is 0 Å². The number of carbonyl (C=O) groups is 1. The molecule has 26 heavy (non-hydrogen) atoms. The number of ether oxygens (including phenoxy) is 1. The maximum Gasteiger partial charge on any atom is 0.277 e. The molecule has 2 aromatic carbocycles. The maximum absolute atomic E-state index is 12.8. The van der Waals surface area contributed by atoms with Gasteiger partial charge in [-0.15, -0.1) is 11.3 Å². The smallest absolute Gasteiger partial charge is 0.277 e. The van der Waals surface area contributed by atoms with E-state index in [1.54, 1.807) is 7.11 Å². The number of hydrogen-bond donors (Lipinski definition) is 1. The van der Waals surface area contributed by atoms with Crippen LogP contribution < -0.4 is 10.1 Å². The molecule has 0 aliphatic heterocycles. The molecule has 5 nitrogen and oxygen atoms in total. The summed E-state index contributed by atoms with van der Waals surface area (Å²) in [6.45, 7) is 1.90. The Morgan fingerprint density at radius 1 is 1.08 bits per heavy atom. The number of aryl methyl sites for hydroxylation is 1. The van der Waals surface area contributed by atoms with Crippen molar-refractivity contribution in [2.45, 2.75) is 6.92 Å². The molecule has 0 aliphatic rings. The van der Waals surface area contributed by atoms with Crippen LogP contribution in [0.1, 0.15) is 15.5 Å². The van der Waals surface area contributed by atoms with Crippen molar-refractivity contribution in [3.8, 4) is 16.2 Å². The zero-order valence-corrected chi connectivity index (χ0v) is 15.8. The summed E-state index contributed by atoms with van der Waals surface area (Å²) in [7, 11) is 1.63. The summed E-state index contributed by atoms with van der Waals surface area (Å²) < 4.78 is 6.19. The van der Waals surface area contributed by atoms with Gasteiger partial charge in [0.05, 0.1) is 27.2 Å². The number of methoxy groups -OCH3 is 1. The van der Waals surface area contributed by atoms with Crippen molar-refractivity contribution in [1.29, 1.82) is 0 Å². The lowest BCUT2D eigenvalue weighted by Crippen LogP contribution is -2.13. The number of amides is 1. The Morgan fingerprint density at radius 3 is 2.65 bits per heavy atom. The second-order valence-electron chi connectivity index (χ2n) is 5.58. The molecule has 0 atom stereocenters. The molecule has 1 amide bonds. The van der Waals surface area contributed by atoms with Crippen LogP contribution in [0.4, 0.5) is 5.13 Å². The third-order valence-corrected chi connectivity index (χ3v) is 5.75. The number of fused-ring (bicyclic) bond motifs is 1. The number of rotatable bonds is 4. The summed E-state index contributed by atoms with van der Waals surface area (Å²) in [4.78, 5) is 22.6. The average molecular weight is 381 g/mol. The van der Waals surface area contributed by atoms with Gasteiger partial charge in [-0.25, -0.2) is 9.97 Å². The Morgan fingerprint density at radius 2 is 1.88 bits per heavy atom. The van der Waals surface area contributed by atoms with E-state index >= 15 is 0 Å². The van der Waals surface area contributed by atoms with Gasteiger partial charge in [-0.05, 0) is 30.7 Å². The number of benzene rings is 2. The van der Waals surface area contributed by atoms with Gasteiger partial charge in [0, 0.05) is 0 Å². The van der Waals surface area contributed by atoms with Gasteiger partial charge >= 0.3 is 0 Å². The summed E-state index contributed by atoms with van der Waals surface area (Å²) in [6.07, 6.45) is 0. The predicted molar refractivity (Wildman–Crippen MR) is 106 cm³/mol. The maximum atomic E-state index is 12.8. The van der Waals surface area contributed by atoms with Crippen LogP contribution in [0.25, 0.3) is 20.7 Å². The van der Waals surface area contributed by atoms with Crippen LogP contribution >= 0.6 is 22.7 Å². The lowest BCUT2D eigenvalue weighted by Gasteiger charge is -2.02. The van der Waals surface area contributed by atoms with E-state index in [0.29, 0.717) is 10.8 Å². The van der Waals surface area contributed by atoms with E-state index in [1.165, 1.54) is 22.7 Å². The highest BCUT2D eigenvalue weighted by Gasteiger charge is 2.19. The van der Waals surface area contributed by atoms with Crippen LogP contribution in [0.2, 0.25) is 0 Å². The predicted octanol–water partition coefficient (Wildman–Crippen LogP) is 4.99. The number of anilines is 1. The minimum Gasteiger partial charge on any atom is -0.497 e. The first kappa shape index (κ1) is 16.7. The Balaban J connectivity index is 1.65. The van der Waals surface area contributed by atoms with Gasteiger partial charge in [0.2, 0.25) is 0 Å². The van der Waals surface area contributed by atoms with Gasteiger partial charge in [0.15, 0.2) is 5.13 Å².